The van der Waals surface area contributed by atoms with Crippen molar-refractivity contribution in [3.8, 4) is 0 Å². The number of azide groups is 1. The number of carbonyl (C=O) groups excluding carboxylic acids is 1. The van der Waals surface area contributed by atoms with E-state index in [1.165, 1.54) is 19.4 Å². The summed E-state index contributed by atoms with van der Waals surface area (Å²) in [6, 6.07) is 0. The molecule has 0 saturated carbocycles. The van der Waals surface area contributed by atoms with Gasteiger partial charge >= 0.3 is 37.2 Å². The normalized spacial score (nSPS) is 11.6. The van der Waals surface area contributed by atoms with Crippen molar-refractivity contribution >= 4 is 75.7 Å². The first-order chi connectivity index (χ1) is 21.3. The largest absolute Gasteiger partial charge is 1.00 e. The average molecular weight is 954 g/mol. The van der Waals surface area contributed by atoms with E-state index in [2.05, 4.69) is 62.6 Å². The Morgan fingerprint density at radius 3 is 1.03 bits per heavy atom. The minimum Gasteiger partial charge on any atom is -0.769 e. The molecule has 3 atom stereocenters. The quantitative estimate of drug-likeness (QED) is 0.0353. The van der Waals surface area contributed by atoms with Crippen molar-refractivity contribution in [1.29, 1.82) is 0 Å². The van der Waals surface area contributed by atoms with Crippen molar-refractivity contribution in [2.75, 3.05) is 19.4 Å². The Hall–Kier alpha value is 0.310. The Balaban J connectivity index is -0.0000000151. The van der Waals surface area contributed by atoms with Crippen LogP contribution in [0.15, 0.2) is 16.8 Å². The first-order valence-corrected chi connectivity index (χ1v) is 18.1. The fourth-order valence-electron chi connectivity index (χ4n) is 1.23. The number of aliphatic hydroxyl groups is 2. The standard InChI is InChI=1S/C6H15O3P.C5H11N3O.C5H13NO.C5H10O.C5H10.C4H11N.C3H6O.8CH4.6B.ClO.Na/c1-4-8-10(7,6-3)9-5-2;1-4(9)5(2,3)7-8-6;1-4(7)5(2,3)6;1-4-5(2,3)6-4;1-4-5(2)3;1-4(2,3)5;1-3(2)4;;;;;;;;;;;;;;;1-2;/h4-6H2,1-3H3;4,9H,1-3H3;4,7H,6H2,1-3H3;4H,1-3H3;4H,1-3H3;5H2,1-3H3;1-2H3;8*1H4;;;;;;;;/q;;;;;;;;;;;;;;;;;;;;;-1;+1. The van der Waals surface area contributed by atoms with Crippen LogP contribution in [-0.4, -0.2) is 126 Å². The maximum Gasteiger partial charge on any atom is 1.00 e. The molecule has 1 rings (SSSR count). The predicted octanol–water partition coefficient (Wildman–Crippen LogP) is 7.64. The number of ketones is 1. The van der Waals surface area contributed by atoms with Crippen LogP contribution in [0, 0.1) is 0 Å². The summed E-state index contributed by atoms with van der Waals surface area (Å²) in [5, 5.41) is 21.1. The van der Waals surface area contributed by atoms with Gasteiger partial charge in [-0.3, -0.25) is 4.57 Å². The molecule has 0 amide bonds. The third kappa shape index (κ3) is 154. The molecule has 0 spiro atoms. The number of ether oxygens (including phenoxy) is 1. The SMILES string of the molecule is C.C.C.C.C.C.C.C.CC(C)(C)N.CC(C)=O.CC(O)C(C)(C)N.CC(O)C(C)(C)N=[N+]=[N-].CC1OC1(C)C.CC=C(C)C.CCOP(=O)(CC)OCC.[B].[B].[B].[B].[B].[B].[Na+].[O-]Cl. The number of nitrogens with two attached hydrogens (primary N) is 2. The number of rotatable bonds is 8. The second kappa shape index (κ2) is 79.4. The first kappa shape index (κ1) is 144. The van der Waals surface area contributed by atoms with Gasteiger partial charge in [0.1, 0.15) is 5.78 Å². The molecule has 0 aromatic heterocycles. The van der Waals surface area contributed by atoms with E-state index in [1.54, 1.807) is 62.3 Å². The monoisotopic (exact) mass is 954 g/mol. The van der Waals surface area contributed by atoms with E-state index >= 15 is 0 Å². The molecule has 6 N–H and O–H groups in total. The van der Waals surface area contributed by atoms with Gasteiger partial charge in [-0.15, -0.1) is 0 Å². The van der Waals surface area contributed by atoms with Crippen molar-refractivity contribution in [2.24, 2.45) is 16.6 Å². The summed E-state index contributed by atoms with van der Waals surface area (Å²) in [5.74, 6) is 0.167. The Morgan fingerprint density at radius 1 is 0.810 bits per heavy atom. The smallest absolute Gasteiger partial charge is 0.769 e. The van der Waals surface area contributed by atoms with Gasteiger partial charge in [0.15, 0.2) is 0 Å². The second-order valence-electron chi connectivity index (χ2n) is 13.8. The van der Waals surface area contributed by atoms with Gasteiger partial charge in [0.25, 0.3) is 0 Å². The van der Waals surface area contributed by atoms with Crippen LogP contribution in [0.5, 0.6) is 0 Å². The number of halogens is 1. The van der Waals surface area contributed by atoms with Crippen LogP contribution in [0.2, 0.25) is 0 Å². The molecule has 0 aliphatic carbocycles. The van der Waals surface area contributed by atoms with Crippen molar-refractivity contribution in [3.63, 3.8) is 0 Å². The van der Waals surface area contributed by atoms with E-state index in [1.807, 2.05) is 27.7 Å². The molecule has 63 heavy (non-hydrogen) atoms. The van der Waals surface area contributed by atoms with E-state index in [9.17, 15) is 9.36 Å². The number of hydrogen-bond acceptors (Lipinski definition) is 11. The van der Waals surface area contributed by atoms with Gasteiger partial charge in [-0.25, -0.2) is 11.9 Å². The van der Waals surface area contributed by atoms with Crippen LogP contribution >= 0.6 is 19.5 Å². The van der Waals surface area contributed by atoms with Gasteiger partial charge in [-0.2, -0.15) is 0 Å². The van der Waals surface area contributed by atoms with Crippen molar-refractivity contribution in [2.45, 2.75) is 238 Å². The number of Topliss-reactive ketones (excluding diaryl/α,β-unsaturated/α-hetero) is 1. The summed E-state index contributed by atoms with van der Waals surface area (Å²) < 4.78 is 34.1. The van der Waals surface area contributed by atoms with Gasteiger partial charge in [0.05, 0.1) is 42.7 Å². The molecule has 0 aromatic rings. The zero-order valence-electron chi connectivity index (χ0n) is 38.6. The topological polar surface area (TPSA) is 229 Å². The molecular formula is C41H108B6ClN5NaO8P. The minimum atomic E-state index is -2.70. The van der Waals surface area contributed by atoms with Crippen molar-refractivity contribution < 1.29 is 67.6 Å². The average Bonchev–Trinajstić information content (AvgIpc) is 3.47. The Morgan fingerprint density at radius 2 is 0.984 bits per heavy atom. The van der Waals surface area contributed by atoms with E-state index in [-0.39, 0.29) is 156 Å². The number of nitrogens with zero attached hydrogens (tertiary/aromatic N) is 3. The number of hydrogen-bond donors (Lipinski definition) is 4. The van der Waals surface area contributed by atoms with Crippen molar-refractivity contribution in [1.82, 2.24) is 0 Å². The minimum absolute atomic E-state index is 0. The summed E-state index contributed by atoms with van der Waals surface area (Å²) in [4.78, 5) is 12.0. The molecule has 1 aliphatic heterocycles. The molecular weight excluding hydrogens is 845 g/mol. The fraction of sp³-hybridized carbons (Fsp3) is 0.927. The molecule has 13 nitrogen and oxygen atoms in total. The summed E-state index contributed by atoms with van der Waals surface area (Å²) in [7, 11) is -2.70. The number of aliphatic hydroxyl groups excluding tert-OH is 2. The molecule has 1 aliphatic rings. The number of allylic oxidation sites excluding steroid dienone is 2. The molecule has 1 heterocycles. The Kier molecular flexibility index (Phi) is 182. The van der Waals surface area contributed by atoms with Gasteiger partial charge < -0.3 is 44.9 Å². The molecule has 18 radical (unpaired) electrons. The van der Waals surface area contributed by atoms with Crippen LogP contribution in [0.25, 0.3) is 10.4 Å². The zero-order chi connectivity index (χ0) is 40.8. The van der Waals surface area contributed by atoms with E-state index in [4.69, 9.17) is 45.7 Å². The molecule has 22 heteroatoms. The molecule has 1 fully saturated rings. The van der Waals surface area contributed by atoms with E-state index < -0.39 is 30.9 Å². The molecule has 0 aromatic carbocycles. The van der Waals surface area contributed by atoms with E-state index in [0.717, 1.165) is 0 Å². The maximum absolute atomic E-state index is 11.3. The molecule has 376 valence electrons. The summed E-state index contributed by atoms with van der Waals surface area (Å²) in [6.07, 6.45) is 2.01. The van der Waals surface area contributed by atoms with Gasteiger partial charge in [-0.05, 0) is 123 Å². The zero-order valence-corrected chi connectivity index (χ0v) is 42.2. The van der Waals surface area contributed by atoms with E-state index in [0.29, 0.717) is 25.5 Å². The van der Waals surface area contributed by atoms with Crippen LogP contribution in [0.3, 0.4) is 0 Å². The van der Waals surface area contributed by atoms with Gasteiger partial charge in [0.2, 0.25) is 0 Å². The van der Waals surface area contributed by atoms with Crippen LogP contribution in [-0.2, 0) is 23.1 Å². The summed E-state index contributed by atoms with van der Waals surface area (Å²) in [6.45, 7) is 37.9. The maximum atomic E-state index is 11.3. The van der Waals surface area contributed by atoms with Crippen LogP contribution in [0.4, 0.5) is 0 Å². The summed E-state index contributed by atoms with van der Waals surface area (Å²) in [5.41, 5.74) is 19.2. The van der Waals surface area contributed by atoms with Gasteiger partial charge in [0, 0.05) is 72.6 Å². The molecule has 0 bridgehead atoms. The Bertz CT molecular complexity index is 898. The fourth-order valence-corrected chi connectivity index (χ4v) is 2.46. The second-order valence-corrected chi connectivity index (χ2v) is 16.2. The number of carbonyl (C=O) groups is 1. The van der Waals surface area contributed by atoms with Crippen LogP contribution in [0.1, 0.15) is 198 Å². The Labute approximate surface area is 437 Å². The number of epoxide rings is 1. The van der Waals surface area contributed by atoms with Crippen molar-refractivity contribution in [3.05, 3.63) is 22.1 Å². The summed E-state index contributed by atoms with van der Waals surface area (Å²) >= 11 is 3.39. The third-order valence-electron chi connectivity index (χ3n) is 5.42. The first-order valence-electron chi connectivity index (χ1n) is 16.0. The predicted molar refractivity (Wildman–Crippen MR) is 291 cm³/mol. The van der Waals surface area contributed by atoms with Crippen LogP contribution < -0.4 is 45.7 Å². The molecule has 3 unspecified atom stereocenters. The third-order valence-corrected chi connectivity index (χ3v) is 7.50. The molecule has 1 saturated heterocycles. The van der Waals surface area contributed by atoms with Gasteiger partial charge in [-0.1, -0.05) is 96.9 Å².